The summed E-state index contributed by atoms with van der Waals surface area (Å²) in [7, 11) is 0. The summed E-state index contributed by atoms with van der Waals surface area (Å²) in [5.74, 6) is 0.149. The van der Waals surface area contributed by atoms with Gasteiger partial charge < -0.3 is 14.0 Å². The fourth-order valence-corrected chi connectivity index (χ4v) is 2.93. The zero-order valence-corrected chi connectivity index (χ0v) is 13.2. The molecular formula is C15H14N2O5S. The second-order valence-electron chi connectivity index (χ2n) is 4.92. The van der Waals surface area contributed by atoms with Gasteiger partial charge in [0, 0.05) is 24.4 Å². The van der Waals surface area contributed by atoms with E-state index < -0.39 is 18.0 Å². The predicted octanol–water partition coefficient (Wildman–Crippen LogP) is 2.14. The van der Waals surface area contributed by atoms with Gasteiger partial charge in [-0.15, -0.1) is 0 Å². The van der Waals surface area contributed by atoms with E-state index in [1.54, 1.807) is 18.3 Å². The minimum atomic E-state index is -0.834. The molecule has 0 saturated carbocycles. The molecule has 0 N–H and O–H groups in total. The summed E-state index contributed by atoms with van der Waals surface area (Å²) in [6.45, 7) is 2.09. The van der Waals surface area contributed by atoms with Crippen molar-refractivity contribution in [2.45, 2.75) is 30.2 Å². The van der Waals surface area contributed by atoms with Crippen molar-refractivity contribution in [3.63, 3.8) is 0 Å². The molecule has 1 aliphatic heterocycles. The van der Waals surface area contributed by atoms with Crippen molar-refractivity contribution in [3.05, 3.63) is 41.4 Å². The van der Waals surface area contributed by atoms with Gasteiger partial charge in [0.1, 0.15) is 10.8 Å². The lowest BCUT2D eigenvalue weighted by Gasteiger charge is -2.10. The molecule has 120 valence electrons. The second kappa shape index (κ2) is 6.82. The molecule has 3 rings (SSSR count). The molecule has 0 bridgehead atoms. The molecule has 2 aromatic rings. The highest BCUT2D eigenvalue weighted by Gasteiger charge is 2.31. The van der Waals surface area contributed by atoms with E-state index >= 15 is 0 Å². The Kier molecular flexibility index (Phi) is 4.61. The fraction of sp³-hybridized carbons (Fsp3) is 0.333. The molecule has 3 heterocycles. The largest absolute Gasteiger partial charge is 0.463 e. The number of hydrogen-bond donors (Lipinski definition) is 0. The molecule has 0 radical (unpaired) electrons. The van der Waals surface area contributed by atoms with Gasteiger partial charge in [0.2, 0.25) is 6.10 Å². The number of thioether (sulfide) groups is 1. The van der Waals surface area contributed by atoms with E-state index in [1.807, 2.05) is 13.0 Å². The van der Waals surface area contributed by atoms with Crippen molar-refractivity contribution in [2.75, 3.05) is 6.61 Å². The van der Waals surface area contributed by atoms with Crippen molar-refractivity contribution in [1.82, 2.24) is 10.1 Å². The average molecular weight is 334 g/mol. The normalized spacial score (nSPS) is 17.1. The van der Waals surface area contributed by atoms with Crippen LogP contribution < -0.4 is 0 Å². The first-order chi connectivity index (χ1) is 11.1. The van der Waals surface area contributed by atoms with Crippen molar-refractivity contribution >= 4 is 23.7 Å². The number of aryl methyl sites for hydroxylation is 1. The van der Waals surface area contributed by atoms with E-state index in [1.165, 1.54) is 11.8 Å². The SMILES string of the molecule is Cc1cc(CSc2ncccc2C(=O)O[C@H]2CCOC2=O)no1. The van der Waals surface area contributed by atoms with Crippen LogP contribution in [0.15, 0.2) is 33.9 Å². The van der Waals surface area contributed by atoms with E-state index in [4.69, 9.17) is 14.0 Å². The molecule has 0 aliphatic carbocycles. The summed E-state index contributed by atoms with van der Waals surface area (Å²) >= 11 is 1.35. The number of cyclic esters (lactones) is 1. The van der Waals surface area contributed by atoms with Crippen LogP contribution in [0.1, 0.15) is 28.2 Å². The van der Waals surface area contributed by atoms with Crippen molar-refractivity contribution in [3.8, 4) is 0 Å². The molecule has 0 aromatic carbocycles. The van der Waals surface area contributed by atoms with Gasteiger partial charge >= 0.3 is 11.9 Å². The lowest BCUT2D eigenvalue weighted by molar-refractivity contribution is -0.145. The summed E-state index contributed by atoms with van der Waals surface area (Å²) in [6.07, 6.45) is 1.14. The van der Waals surface area contributed by atoms with Gasteiger partial charge in [-0.3, -0.25) is 0 Å². The second-order valence-corrected chi connectivity index (χ2v) is 5.89. The molecule has 0 amide bonds. The first-order valence-corrected chi connectivity index (χ1v) is 7.99. The summed E-state index contributed by atoms with van der Waals surface area (Å²) in [4.78, 5) is 27.9. The number of nitrogens with zero attached hydrogens (tertiary/aromatic N) is 2. The molecule has 1 saturated heterocycles. The summed E-state index contributed by atoms with van der Waals surface area (Å²) in [5.41, 5.74) is 1.08. The Balaban J connectivity index is 1.69. The average Bonchev–Trinajstić information content (AvgIpc) is 3.14. The Morgan fingerprint density at radius 3 is 3.09 bits per heavy atom. The van der Waals surface area contributed by atoms with E-state index in [0.29, 0.717) is 22.8 Å². The van der Waals surface area contributed by atoms with Crippen LogP contribution in [0.4, 0.5) is 0 Å². The molecule has 0 spiro atoms. The third kappa shape index (κ3) is 3.70. The molecule has 23 heavy (non-hydrogen) atoms. The highest BCUT2D eigenvalue weighted by molar-refractivity contribution is 7.98. The monoisotopic (exact) mass is 334 g/mol. The molecule has 7 nitrogen and oxygen atoms in total. The maximum Gasteiger partial charge on any atom is 0.347 e. The first kappa shape index (κ1) is 15.5. The third-order valence-electron chi connectivity index (χ3n) is 3.16. The van der Waals surface area contributed by atoms with Crippen LogP contribution in [0.3, 0.4) is 0 Å². The Labute approximate surface area is 136 Å². The standard InChI is InChI=1S/C15H14N2O5S/c1-9-7-10(17-22-9)8-23-13-11(3-2-5-16-13)14(18)21-12-4-6-20-15(12)19/h2-3,5,7,12H,4,6,8H2,1H3/t12-/m0/s1. The number of aromatic nitrogens is 2. The minimum Gasteiger partial charge on any atom is -0.463 e. The van der Waals surface area contributed by atoms with Crippen LogP contribution >= 0.6 is 11.8 Å². The minimum absolute atomic E-state index is 0.275. The van der Waals surface area contributed by atoms with Crippen LogP contribution in [0.5, 0.6) is 0 Å². The summed E-state index contributed by atoms with van der Waals surface area (Å²) in [5, 5.41) is 4.42. The molecule has 0 unspecified atom stereocenters. The van der Waals surface area contributed by atoms with Crippen molar-refractivity contribution < 1.29 is 23.6 Å². The third-order valence-corrected chi connectivity index (χ3v) is 4.20. The highest BCUT2D eigenvalue weighted by atomic mass is 32.2. The zero-order chi connectivity index (χ0) is 16.2. The van der Waals surface area contributed by atoms with Crippen LogP contribution in [0, 0.1) is 6.92 Å². The lowest BCUT2D eigenvalue weighted by atomic mass is 10.2. The Morgan fingerprint density at radius 1 is 1.52 bits per heavy atom. The smallest absolute Gasteiger partial charge is 0.347 e. The Bertz CT molecular complexity index is 730. The fourth-order valence-electron chi connectivity index (χ4n) is 2.07. The molecule has 8 heteroatoms. The predicted molar refractivity (Wildman–Crippen MR) is 79.8 cm³/mol. The maximum atomic E-state index is 12.3. The van der Waals surface area contributed by atoms with Gasteiger partial charge in [-0.2, -0.15) is 0 Å². The number of esters is 2. The Hall–Kier alpha value is -2.35. The van der Waals surface area contributed by atoms with E-state index in [0.717, 1.165) is 11.5 Å². The summed E-state index contributed by atoms with van der Waals surface area (Å²) < 4.78 is 15.0. The van der Waals surface area contributed by atoms with Crippen LogP contribution in [-0.4, -0.2) is 34.8 Å². The van der Waals surface area contributed by atoms with Crippen LogP contribution in [0.25, 0.3) is 0 Å². The number of ether oxygens (including phenoxy) is 2. The zero-order valence-electron chi connectivity index (χ0n) is 12.4. The topological polar surface area (TPSA) is 91.5 Å². The van der Waals surface area contributed by atoms with Gasteiger partial charge in [-0.25, -0.2) is 14.6 Å². The lowest BCUT2D eigenvalue weighted by Crippen LogP contribution is -2.23. The number of carbonyl (C=O) groups excluding carboxylic acids is 2. The summed E-state index contributed by atoms with van der Waals surface area (Å²) in [6, 6.07) is 5.09. The quantitative estimate of drug-likeness (QED) is 0.607. The number of rotatable bonds is 5. The van der Waals surface area contributed by atoms with Crippen molar-refractivity contribution in [1.29, 1.82) is 0 Å². The number of carbonyl (C=O) groups is 2. The van der Waals surface area contributed by atoms with Gasteiger partial charge in [0.15, 0.2) is 0 Å². The first-order valence-electron chi connectivity index (χ1n) is 7.01. The van der Waals surface area contributed by atoms with Crippen LogP contribution in [0.2, 0.25) is 0 Å². The number of hydrogen-bond acceptors (Lipinski definition) is 8. The van der Waals surface area contributed by atoms with E-state index in [2.05, 4.69) is 10.1 Å². The van der Waals surface area contributed by atoms with Gasteiger partial charge in [-0.05, 0) is 19.1 Å². The maximum absolute atomic E-state index is 12.3. The van der Waals surface area contributed by atoms with E-state index in [-0.39, 0.29) is 6.61 Å². The number of pyridine rings is 1. The van der Waals surface area contributed by atoms with Crippen LogP contribution in [-0.2, 0) is 20.0 Å². The van der Waals surface area contributed by atoms with Crippen molar-refractivity contribution in [2.24, 2.45) is 0 Å². The van der Waals surface area contributed by atoms with Gasteiger partial charge in [-0.1, -0.05) is 16.9 Å². The molecular weight excluding hydrogens is 320 g/mol. The molecule has 1 atom stereocenters. The molecule has 2 aromatic heterocycles. The van der Waals surface area contributed by atoms with Gasteiger partial charge in [0.05, 0.1) is 17.9 Å². The molecule has 1 aliphatic rings. The Morgan fingerprint density at radius 2 is 2.39 bits per heavy atom. The van der Waals surface area contributed by atoms with E-state index in [9.17, 15) is 9.59 Å². The molecule has 1 fully saturated rings. The van der Waals surface area contributed by atoms with Gasteiger partial charge in [0.25, 0.3) is 0 Å². The highest BCUT2D eigenvalue weighted by Crippen LogP contribution is 2.25.